The van der Waals surface area contributed by atoms with Crippen LogP contribution < -0.4 is 5.32 Å². The van der Waals surface area contributed by atoms with Gasteiger partial charge in [0.1, 0.15) is 0 Å². The van der Waals surface area contributed by atoms with E-state index in [0.29, 0.717) is 11.0 Å². The highest BCUT2D eigenvalue weighted by atomic mass is 32.2. The number of carbonyl (C=O) groups is 1. The van der Waals surface area contributed by atoms with Crippen LogP contribution in [0.3, 0.4) is 0 Å². The van der Waals surface area contributed by atoms with Crippen LogP contribution in [0.1, 0.15) is 41.5 Å². The van der Waals surface area contributed by atoms with Gasteiger partial charge in [0.2, 0.25) is 0 Å². The van der Waals surface area contributed by atoms with E-state index in [2.05, 4.69) is 19.2 Å². The van der Waals surface area contributed by atoms with Crippen LogP contribution in [-0.2, 0) is 4.79 Å². The van der Waals surface area contributed by atoms with Crippen LogP contribution in [0.25, 0.3) is 0 Å². The van der Waals surface area contributed by atoms with Crippen molar-refractivity contribution in [2.45, 2.75) is 65.0 Å². The minimum atomic E-state index is -0.611. The minimum Gasteiger partial charge on any atom is -0.390 e. The van der Waals surface area contributed by atoms with Crippen molar-refractivity contribution in [3.05, 3.63) is 0 Å². The lowest BCUT2D eigenvalue weighted by atomic mass is 9.97. The molecule has 0 aliphatic heterocycles. The number of carbonyl (C=O) groups excluding carboxylic acids is 1. The molecule has 0 fully saturated rings. The Labute approximate surface area is 110 Å². The first-order valence-corrected chi connectivity index (χ1v) is 7.40. The molecule has 2 N–H and O–H groups in total. The van der Waals surface area contributed by atoms with Crippen molar-refractivity contribution in [3.63, 3.8) is 0 Å². The molecule has 0 aliphatic rings. The first-order valence-electron chi connectivity index (χ1n) is 6.35. The summed E-state index contributed by atoms with van der Waals surface area (Å²) in [5, 5.41) is 13.8. The number of thioether (sulfide) groups is 1. The lowest BCUT2D eigenvalue weighted by Gasteiger charge is -2.26. The summed E-state index contributed by atoms with van der Waals surface area (Å²) in [4.78, 5) is 12.0. The van der Waals surface area contributed by atoms with Crippen molar-refractivity contribution in [1.29, 1.82) is 0 Å². The van der Waals surface area contributed by atoms with Gasteiger partial charge in [-0.05, 0) is 5.25 Å². The standard InChI is InChI=1S/C13H27NO2S/c1-8(2)13(16)12(14-9(3)4)11(15)7-17-10(5)6/h8-12,14-15H,7H2,1-6H3. The summed E-state index contributed by atoms with van der Waals surface area (Å²) >= 11 is 1.68. The number of ketones is 1. The fourth-order valence-electron chi connectivity index (χ4n) is 1.49. The van der Waals surface area contributed by atoms with Crippen LogP contribution in [0.2, 0.25) is 0 Å². The van der Waals surface area contributed by atoms with E-state index in [1.54, 1.807) is 11.8 Å². The van der Waals surface area contributed by atoms with Gasteiger partial charge in [-0.2, -0.15) is 11.8 Å². The normalized spacial score (nSPS) is 15.6. The molecule has 17 heavy (non-hydrogen) atoms. The largest absolute Gasteiger partial charge is 0.390 e. The molecule has 0 bridgehead atoms. The zero-order valence-corrected chi connectivity index (χ0v) is 12.7. The molecule has 0 aliphatic carbocycles. The van der Waals surface area contributed by atoms with Gasteiger partial charge in [-0.3, -0.25) is 4.79 Å². The van der Waals surface area contributed by atoms with Crippen LogP contribution in [0, 0.1) is 5.92 Å². The van der Waals surface area contributed by atoms with Crippen molar-refractivity contribution in [2.24, 2.45) is 5.92 Å². The molecule has 0 radical (unpaired) electrons. The van der Waals surface area contributed by atoms with Gasteiger partial charge < -0.3 is 10.4 Å². The summed E-state index contributed by atoms with van der Waals surface area (Å²) in [5.74, 6) is 0.640. The lowest BCUT2D eigenvalue weighted by Crippen LogP contribution is -2.51. The Kier molecular flexibility index (Phi) is 8.09. The summed E-state index contributed by atoms with van der Waals surface area (Å²) in [7, 11) is 0. The molecule has 0 aromatic carbocycles. The van der Waals surface area contributed by atoms with Gasteiger partial charge in [-0.25, -0.2) is 0 Å². The number of Topliss-reactive ketones (excluding diaryl/α,β-unsaturated/α-hetero) is 1. The molecule has 0 spiro atoms. The first-order chi connectivity index (χ1) is 7.75. The highest BCUT2D eigenvalue weighted by Gasteiger charge is 2.28. The van der Waals surface area contributed by atoms with Gasteiger partial charge in [-0.1, -0.05) is 41.5 Å². The topological polar surface area (TPSA) is 49.3 Å². The average molecular weight is 261 g/mol. The fraction of sp³-hybridized carbons (Fsp3) is 0.923. The van der Waals surface area contributed by atoms with Crippen molar-refractivity contribution < 1.29 is 9.90 Å². The van der Waals surface area contributed by atoms with E-state index >= 15 is 0 Å². The van der Waals surface area contributed by atoms with E-state index in [9.17, 15) is 9.90 Å². The van der Waals surface area contributed by atoms with E-state index in [4.69, 9.17) is 0 Å². The number of hydrogen-bond donors (Lipinski definition) is 2. The maximum absolute atomic E-state index is 12.0. The number of rotatable bonds is 8. The molecule has 0 aromatic rings. The van der Waals surface area contributed by atoms with Crippen molar-refractivity contribution in [1.82, 2.24) is 5.32 Å². The van der Waals surface area contributed by atoms with Crippen molar-refractivity contribution in [3.8, 4) is 0 Å². The number of nitrogens with one attached hydrogen (secondary N) is 1. The van der Waals surface area contributed by atoms with Gasteiger partial charge in [-0.15, -0.1) is 0 Å². The van der Waals surface area contributed by atoms with Crippen molar-refractivity contribution >= 4 is 17.5 Å². The molecule has 0 rings (SSSR count). The smallest absolute Gasteiger partial charge is 0.154 e. The molecule has 2 atom stereocenters. The molecule has 0 heterocycles. The fourth-order valence-corrected chi connectivity index (χ4v) is 2.26. The Hall–Kier alpha value is -0.0600. The van der Waals surface area contributed by atoms with Crippen LogP contribution in [0.15, 0.2) is 0 Å². The molecule has 4 heteroatoms. The second-order valence-corrected chi connectivity index (χ2v) is 6.92. The number of aliphatic hydroxyl groups excluding tert-OH is 1. The highest BCUT2D eigenvalue weighted by molar-refractivity contribution is 7.99. The van der Waals surface area contributed by atoms with Gasteiger partial charge in [0.15, 0.2) is 5.78 Å². The molecule has 3 nitrogen and oxygen atoms in total. The van der Waals surface area contributed by atoms with Crippen LogP contribution >= 0.6 is 11.8 Å². The Balaban J connectivity index is 4.50. The van der Waals surface area contributed by atoms with Gasteiger partial charge in [0, 0.05) is 17.7 Å². The summed E-state index contributed by atoms with van der Waals surface area (Å²) in [6, 6.07) is -0.248. The van der Waals surface area contributed by atoms with E-state index in [-0.39, 0.29) is 17.7 Å². The molecule has 0 saturated heterocycles. The second kappa shape index (κ2) is 8.11. The second-order valence-electron chi connectivity index (χ2n) is 5.31. The van der Waals surface area contributed by atoms with Crippen molar-refractivity contribution in [2.75, 3.05) is 5.75 Å². The molecule has 2 unspecified atom stereocenters. The predicted molar refractivity (Wildman–Crippen MR) is 75.5 cm³/mol. The third-order valence-electron chi connectivity index (χ3n) is 2.37. The first kappa shape index (κ1) is 16.9. The van der Waals surface area contributed by atoms with Gasteiger partial charge in [0.05, 0.1) is 12.1 Å². The number of aliphatic hydroxyl groups is 1. The Morgan fingerprint density at radius 3 is 2.06 bits per heavy atom. The molecule has 0 saturated carbocycles. The maximum atomic E-state index is 12.0. The zero-order valence-electron chi connectivity index (χ0n) is 11.9. The molecule has 0 amide bonds. The predicted octanol–water partition coefficient (Wildman–Crippen LogP) is 2.08. The van der Waals surface area contributed by atoms with E-state index in [0.717, 1.165) is 0 Å². The van der Waals surface area contributed by atoms with Crippen LogP contribution in [-0.4, -0.2) is 40.1 Å². The van der Waals surface area contributed by atoms with Crippen LogP contribution in [0.5, 0.6) is 0 Å². The number of hydrogen-bond acceptors (Lipinski definition) is 4. The van der Waals surface area contributed by atoms with E-state index < -0.39 is 12.1 Å². The highest BCUT2D eigenvalue weighted by Crippen LogP contribution is 2.14. The molecule has 0 aromatic heterocycles. The molecular formula is C13H27NO2S. The van der Waals surface area contributed by atoms with E-state index in [1.807, 2.05) is 27.7 Å². The molecule has 102 valence electrons. The average Bonchev–Trinajstić information content (AvgIpc) is 2.21. The van der Waals surface area contributed by atoms with Gasteiger partial charge >= 0.3 is 0 Å². The summed E-state index contributed by atoms with van der Waals surface area (Å²) < 4.78 is 0. The third kappa shape index (κ3) is 7.06. The Bertz CT molecular complexity index is 229. The van der Waals surface area contributed by atoms with E-state index in [1.165, 1.54) is 0 Å². The monoisotopic (exact) mass is 261 g/mol. The van der Waals surface area contributed by atoms with Crippen LogP contribution in [0.4, 0.5) is 0 Å². The summed E-state index contributed by atoms with van der Waals surface area (Å²) in [6.07, 6.45) is -0.611. The summed E-state index contributed by atoms with van der Waals surface area (Å²) in [5.41, 5.74) is 0. The summed E-state index contributed by atoms with van der Waals surface area (Å²) in [6.45, 7) is 11.9. The SMILES string of the molecule is CC(C)NC(C(=O)C(C)C)C(O)CSC(C)C. The Morgan fingerprint density at radius 1 is 1.18 bits per heavy atom. The quantitative estimate of drug-likeness (QED) is 0.702. The van der Waals surface area contributed by atoms with Gasteiger partial charge in [0.25, 0.3) is 0 Å². The molecular weight excluding hydrogens is 234 g/mol. The Morgan fingerprint density at radius 2 is 1.71 bits per heavy atom. The maximum Gasteiger partial charge on any atom is 0.154 e. The minimum absolute atomic E-state index is 0.0510. The zero-order chi connectivity index (χ0) is 13.6. The lowest BCUT2D eigenvalue weighted by molar-refractivity contribution is -0.126. The third-order valence-corrected chi connectivity index (χ3v) is 3.57.